The van der Waals surface area contributed by atoms with Crippen molar-refractivity contribution in [1.29, 1.82) is 10.5 Å². The highest BCUT2D eigenvalue weighted by atomic mass is 16.4. The van der Waals surface area contributed by atoms with Crippen LogP contribution in [0.4, 0.5) is 0 Å². The molecule has 144 valence electrons. The molecule has 0 fully saturated rings. The molecule has 0 saturated heterocycles. The first-order chi connectivity index (χ1) is 14.0. The van der Waals surface area contributed by atoms with Crippen LogP contribution in [0.1, 0.15) is 24.1 Å². The molecule has 0 bridgehead atoms. The van der Waals surface area contributed by atoms with E-state index in [2.05, 4.69) is 12.1 Å². The fraction of sp³-hybridized carbons (Fsp3) is 0.182. The minimum absolute atomic E-state index is 0.127. The lowest BCUT2D eigenvalue weighted by atomic mass is 10.0. The van der Waals surface area contributed by atoms with E-state index in [1.54, 1.807) is 65.4 Å². The average molecular weight is 386 g/mol. The molecule has 2 atom stereocenters. The van der Waals surface area contributed by atoms with Crippen LogP contribution in [-0.4, -0.2) is 32.5 Å². The summed E-state index contributed by atoms with van der Waals surface area (Å²) in [5, 5.41) is 29.0. The molecule has 0 spiro atoms. The number of hydrogen-bond donors (Lipinski definition) is 1. The van der Waals surface area contributed by atoms with Crippen molar-refractivity contribution in [2.45, 2.75) is 25.6 Å². The summed E-state index contributed by atoms with van der Waals surface area (Å²) in [5.74, 6) is -1.68. The van der Waals surface area contributed by atoms with E-state index < -0.39 is 24.0 Å². The number of nitriles is 2. The number of nitrogens with zero attached hydrogens (tertiary/aromatic N) is 4. The Balaban J connectivity index is 1.96. The Morgan fingerprint density at radius 3 is 2.48 bits per heavy atom. The zero-order valence-electron chi connectivity index (χ0n) is 15.7. The molecule has 1 N–H and O–H groups in total. The maximum atomic E-state index is 13.1. The molecule has 3 rings (SSSR count). The molecule has 0 saturated carbocycles. The average Bonchev–Trinajstić information content (AvgIpc) is 3.13. The van der Waals surface area contributed by atoms with Crippen molar-refractivity contribution in [3.8, 4) is 12.1 Å². The Morgan fingerprint density at radius 1 is 1.14 bits per heavy atom. The Hall–Kier alpha value is -4.10. The number of aliphatic carboxylic acids is 1. The first kappa shape index (κ1) is 19.7. The summed E-state index contributed by atoms with van der Waals surface area (Å²) in [6.07, 6.45) is 1.71. The van der Waals surface area contributed by atoms with E-state index in [1.165, 1.54) is 6.92 Å². The molecule has 29 heavy (non-hydrogen) atoms. The van der Waals surface area contributed by atoms with E-state index >= 15 is 0 Å². The summed E-state index contributed by atoms with van der Waals surface area (Å²) in [6, 6.07) is 17.5. The van der Waals surface area contributed by atoms with Gasteiger partial charge in [-0.15, -0.1) is 0 Å². The normalized spacial score (nSPS) is 12.5. The van der Waals surface area contributed by atoms with Crippen LogP contribution in [0, 0.1) is 22.7 Å². The highest BCUT2D eigenvalue weighted by Crippen LogP contribution is 2.24. The van der Waals surface area contributed by atoms with E-state index in [4.69, 9.17) is 5.26 Å². The first-order valence-electron chi connectivity index (χ1n) is 8.93. The van der Waals surface area contributed by atoms with E-state index in [0.29, 0.717) is 11.1 Å². The lowest BCUT2D eigenvalue weighted by molar-refractivity contribution is -0.151. The summed E-state index contributed by atoms with van der Waals surface area (Å²) in [5.41, 5.74) is 1.80. The van der Waals surface area contributed by atoms with Crippen molar-refractivity contribution in [3.05, 3.63) is 71.9 Å². The topological polar surface area (TPSA) is 110 Å². The lowest BCUT2D eigenvalue weighted by Crippen LogP contribution is -2.46. The van der Waals surface area contributed by atoms with Gasteiger partial charge in [-0.05, 0) is 36.8 Å². The van der Waals surface area contributed by atoms with Crippen LogP contribution in [0.15, 0.2) is 60.8 Å². The van der Waals surface area contributed by atoms with Gasteiger partial charge < -0.3 is 14.6 Å². The first-order valence-corrected chi connectivity index (χ1v) is 8.93. The van der Waals surface area contributed by atoms with E-state index in [0.717, 1.165) is 15.8 Å². The minimum atomic E-state index is -1.19. The van der Waals surface area contributed by atoms with Crippen molar-refractivity contribution < 1.29 is 14.7 Å². The van der Waals surface area contributed by atoms with Crippen molar-refractivity contribution in [2.75, 3.05) is 0 Å². The Kier molecular flexibility index (Phi) is 5.61. The quantitative estimate of drug-likeness (QED) is 0.700. The predicted octanol–water partition coefficient (Wildman–Crippen LogP) is 3.08. The van der Waals surface area contributed by atoms with Gasteiger partial charge in [0.2, 0.25) is 5.91 Å². The van der Waals surface area contributed by atoms with Crippen molar-refractivity contribution in [1.82, 2.24) is 9.47 Å². The number of carbonyl (C=O) groups is 2. The maximum absolute atomic E-state index is 13.1. The molecule has 7 heteroatoms. The summed E-state index contributed by atoms with van der Waals surface area (Å²) in [4.78, 5) is 25.9. The number of carboxylic acids is 1. The Labute approximate surface area is 167 Å². The van der Waals surface area contributed by atoms with Crippen LogP contribution < -0.4 is 0 Å². The largest absolute Gasteiger partial charge is 0.480 e. The molecule has 1 heterocycles. The number of carboxylic acid groups (broad SMARTS) is 1. The highest BCUT2D eigenvalue weighted by Gasteiger charge is 2.33. The predicted molar refractivity (Wildman–Crippen MR) is 105 cm³/mol. The molecule has 7 nitrogen and oxygen atoms in total. The third-order valence-electron chi connectivity index (χ3n) is 4.78. The molecule has 0 aliphatic rings. The number of benzene rings is 2. The second-order valence-electron chi connectivity index (χ2n) is 6.59. The summed E-state index contributed by atoms with van der Waals surface area (Å²) < 4.78 is 1.68. The fourth-order valence-electron chi connectivity index (χ4n) is 3.27. The van der Waals surface area contributed by atoms with Gasteiger partial charge in [-0.25, -0.2) is 4.79 Å². The SMILES string of the molecule is CC(C(=O)O)N(C(=O)Cn1ccc2cc(C#N)ccc21)C(C#N)c1ccccc1. The van der Waals surface area contributed by atoms with Gasteiger partial charge in [-0.3, -0.25) is 4.79 Å². The van der Waals surface area contributed by atoms with Gasteiger partial charge in [-0.1, -0.05) is 30.3 Å². The number of hydrogen-bond acceptors (Lipinski definition) is 4. The van der Waals surface area contributed by atoms with Crippen LogP contribution in [0.25, 0.3) is 10.9 Å². The highest BCUT2D eigenvalue weighted by molar-refractivity contribution is 5.87. The standard InChI is InChI=1S/C22H18N4O3/c1-15(22(28)29)26(20(13-24)17-5-3-2-4-6-17)21(27)14-25-10-9-18-11-16(12-23)7-8-19(18)25/h2-11,15,20H,14H2,1H3,(H,28,29). The number of carbonyl (C=O) groups excluding carboxylic acids is 1. The van der Waals surface area contributed by atoms with Gasteiger partial charge in [0.15, 0.2) is 0 Å². The van der Waals surface area contributed by atoms with E-state index in [1.807, 2.05) is 0 Å². The van der Waals surface area contributed by atoms with Gasteiger partial charge in [-0.2, -0.15) is 10.5 Å². The van der Waals surface area contributed by atoms with E-state index in [-0.39, 0.29) is 6.54 Å². The van der Waals surface area contributed by atoms with Crippen LogP contribution >= 0.6 is 0 Å². The van der Waals surface area contributed by atoms with Crippen molar-refractivity contribution in [2.24, 2.45) is 0 Å². The van der Waals surface area contributed by atoms with Gasteiger partial charge in [0, 0.05) is 17.1 Å². The maximum Gasteiger partial charge on any atom is 0.326 e. The van der Waals surface area contributed by atoms with Crippen LogP contribution in [0.3, 0.4) is 0 Å². The minimum Gasteiger partial charge on any atom is -0.480 e. The monoisotopic (exact) mass is 386 g/mol. The molecule has 0 radical (unpaired) electrons. The van der Waals surface area contributed by atoms with Crippen molar-refractivity contribution in [3.63, 3.8) is 0 Å². The molecule has 0 aliphatic heterocycles. The van der Waals surface area contributed by atoms with Crippen LogP contribution in [0.5, 0.6) is 0 Å². The molecule has 1 amide bonds. The summed E-state index contributed by atoms with van der Waals surface area (Å²) in [6.45, 7) is 1.26. The third kappa shape index (κ3) is 3.95. The van der Waals surface area contributed by atoms with Crippen LogP contribution in [-0.2, 0) is 16.1 Å². The second kappa shape index (κ2) is 8.28. The van der Waals surface area contributed by atoms with Gasteiger partial charge >= 0.3 is 5.97 Å². The zero-order valence-corrected chi connectivity index (χ0v) is 15.7. The Bertz CT molecular complexity index is 1140. The molecule has 3 aromatic rings. The number of rotatable bonds is 6. The second-order valence-corrected chi connectivity index (χ2v) is 6.59. The summed E-state index contributed by atoms with van der Waals surface area (Å²) in [7, 11) is 0. The molecule has 1 aromatic heterocycles. The lowest BCUT2D eigenvalue weighted by Gasteiger charge is -2.31. The number of fused-ring (bicyclic) bond motifs is 1. The smallest absolute Gasteiger partial charge is 0.326 e. The molecular formula is C22H18N4O3. The number of amides is 1. The van der Waals surface area contributed by atoms with Gasteiger partial charge in [0.05, 0.1) is 17.7 Å². The van der Waals surface area contributed by atoms with Crippen molar-refractivity contribution >= 4 is 22.8 Å². The van der Waals surface area contributed by atoms with Gasteiger partial charge in [0.1, 0.15) is 18.6 Å². The van der Waals surface area contributed by atoms with E-state index in [9.17, 15) is 20.0 Å². The molecule has 2 aromatic carbocycles. The molecule has 0 aliphatic carbocycles. The van der Waals surface area contributed by atoms with Crippen LogP contribution in [0.2, 0.25) is 0 Å². The molecular weight excluding hydrogens is 368 g/mol. The van der Waals surface area contributed by atoms with Gasteiger partial charge in [0.25, 0.3) is 0 Å². The zero-order chi connectivity index (χ0) is 21.0. The Morgan fingerprint density at radius 2 is 1.86 bits per heavy atom. The third-order valence-corrected chi connectivity index (χ3v) is 4.78. The summed E-state index contributed by atoms with van der Waals surface area (Å²) >= 11 is 0. The number of aromatic nitrogens is 1. The fourth-order valence-corrected chi connectivity index (χ4v) is 3.27. The molecule has 2 unspecified atom stereocenters.